The van der Waals surface area contributed by atoms with Crippen molar-refractivity contribution in [3.63, 3.8) is 0 Å². The Morgan fingerprint density at radius 2 is 1.87 bits per heavy atom. The van der Waals surface area contributed by atoms with Crippen molar-refractivity contribution >= 4 is 5.95 Å². The van der Waals surface area contributed by atoms with Crippen LogP contribution in [0.15, 0.2) is 0 Å². The SMILES string of the molecule is [2H]C([2H])(F)C([2H])([2H])Oc1c(OC)nc(N)nc1OC. The van der Waals surface area contributed by atoms with Crippen molar-refractivity contribution in [2.24, 2.45) is 0 Å². The second-order valence-electron chi connectivity index (χ2n) is 2.23. The number of halogens is 1. The Bertz CT molecular complexity index is 444. The minimum Gasteiger partial charge on any atom is -0.481 e. The summed E-state index contributed by atoms with van der Waals surface area (Å²) in [5.41, 5.74) is 5.35. The topological polar surface area (TPSA) is 79.5 Å². The van der Waals surface area contributed by atoms with Crippen molar-refractivity contribution < 1.29 is 24.1 Å². The van der Waals surface area contributed by atoms with Crippen LogP contribution in [0, 0.1) is 0 Å². The van der Waals surface area contributed by atoms with Crippen LogP contribution in [0.2, 0.25) is 0 Å². The summed E-state index contributed by atoms with van der Waals surface area (Å²) < 4.78 is 55.2. The number of hydrogen-bond acceptors (Lipinski definition) is 6. The van der Waals surface area contributed by atoms with Gasteiger partial charge in [0, 0.05) is 0 Å². The van der Waals surface area contributed by atoms with Crippen LogP contribution in [0.3, 0.4) is 0 Å². The van der Waals surface area contributed by atoms with Crippen LogP contribution in [-0.2, 0) is 0 Å². The summed E-state index contributed by atoms with van der Waals surface area (Å²) in [4.78, 5) is 7.19. The largest absolute Gasteiger partial charge is 0.481 e. The van der Waals surface area contributed by atoms with E-state index in [1.165, 1.54) is 14.2 Å². The number of aromatic nitrogens is 2. The molecular weight excluding hydrogens is 205 g/mol. The number of ether oxygens (including phenoxy) is 3. The molecule has 0 aliphatic heterocycles. The van der Waals surface area contributed by atoms with Crippen LogP contribution in [0.25, 0.3) is 0 Å². The minimum atomic E-state index is -3.76. The van der Waals surface area contributed by atoms with Crippen molar-refractivity contribution in [1.29, 1.82) is 0 Å². The Morgan fingerprint density at radius 1 is 1.33 bits per heavy atom. The fourth-order valence-corrected chi connectivity index (χ4v) is 0.860. The maximum atomic E-state index is 13.1. The van der Waals surface area contributed by atoms with Gasteiger partial charge in [-0.1, -0.05) is 0 Å². The van der Waals surface area contributed by atoms with Crippen LogP contribution < -0.4 is 19.9 Å². The van der Waals surface area contributed by atoms with E-state index < -0.39 is 18.9 Å². The first-order chi connectivity index (χ1) is 8.62. The summed E-state index contributed by atoms with van der Waals surface area (Å²) in [6, 6.07) is 0. The van der Waals surface area contributed by atoms with E-state index in [0.717, 1.165) is 0 Å². The second kappa shape index (κ2) is 5.18. The number of rotatable bonds is 5. The molecule has 0 aliphatic rings. The van der Waals surface area contributed by atoms with Gasteiger partial charge in [0.2, 0.25) is 11.7 Å². The van der Waals surface area contributed by atoms with Crippen LogP contribution in [0.5, 0.6) is 17.5 Å². The van der Waals surface area contributed by atoms with Gasteiger partial charge in [-0.05, 0) is 0 Å². The van der Waals surface area contributed by atoms with Crippen LogP contribution in [-0.4, -0.2) is 37.4 Å². The molecule has 1 heterocycles. The van der Waals surface area contributed by atoms with Gasteiger partial charge in [0.15, 0.2) is 0 Å². The maximum absolute atomic E-state index is 13.1. The van der Waals surface area contributed by atoms with Gasteiger partial charge < -0.3 is 19.9 Å². The third-order valence-corrected chi connectivity index (χ3v) is 1.40. The number of nitrogens with two attached hydrogens (primary N) is 1. The molecule has 0 atom stereocenters. The lowest BCUT2D eigenvalue weighted by molar-refractivity contribution is 0.240. The van der Waals surface area contributed by atoms with E-state index in [-0.39, 0.29) is 17.7 Å². The first-order valence-corrected chi connectivity index (χ1v) is 3.76. The summed E-state index contributed by atoms with van der Waals surface area (Å²) in [6.07, 6.45) is 0. The van der Waals surface area contributed by atoms with Gasteiger partial charge in [-0.2, -0.15) is 9.97 Å². The molecule has 0 aliphatic carbocycles. The van der Waals surface area contributed by atoms with E-state index in [1.807, 2.05) is 0 Å². The molecular formula is C8H12FN3O3. The molecule has 0 saturated carbocycles. The number of alkyl halides is 1. The molecule has 0 amide bonds. The molecule has 84 valence electrons. The number of nitrogen functional groups attached to an aromatic ring is 1. The third kappa shape index (κ3) is 2.58. The molecule has 0 bridgehead atoms. The second-order valence-corrected chi connectivity index (χ2v) is 2.23. The molecule has 15 heavy (non-hydrogen) atoms. The Labute approximate surface area is 91.8 Å². The molecule has 0 unspecified atom stereocenters. The summed E-state index contributed by atoms with van der Waals surface area (Å²) in [7, 11) is 2.38. The van der Waals surface area contributed by atoms with Crippen molar-refractivity contribution in [2.45, 2.75) is 0 Å². The molecule has 0 saturated heterocycles. The molecule has 1 rings (SSSR count). The Morgan fingerprint density at radius 3 is 2.27 bits per heavy atom. The fourth-order valence-electron chi connectivity index (χ4n) is 0.860. The van der Waals surface area contributed by atoms with E-state index in [2.05, 4.69) is 14.7 Å². The van der Waals surface area contributed by atoms with Gasteiger partial charge in [-0.15, -0.1) is 0 Å². The number of anilines is 1. The monoisotopic (exact) mass is 221 g/mol. The fraction of sp³-hybridized carbons (Fsp3) is 0.500. The first-order valence-electron chi connectivity index (χ1n) is 5.76. The third-order valence-electron chi connectivity index (χ3n) is 1.40. The summed E-state index contributed by atoms with van der Waals surface area (Å²) in [5, 5.41) is 0. The van der Waals surface area contributed by atoms with Gasteiger partial charge in [0.1, 0.15) is 13.2 Å². The zero-order chi connectivity index (χ0) is 14.8. The highest BCUT2D eigenvalue weighted by Crippen LogP contribution is 2.34. The molecule has 0 spiro atoms. The Hall–Kier alpha value is -1.79. The molecule has 1 aromatic rings. The number of nitrogens with zero attached hydrogens (tertiary/aromatic N) is 2. The minimum absolute atomic E-state index is 0.232. The highest BCUT2D eigenvalue weighted by Gasteiger charge is 2.16. The molecule has 2 N–H and O–H groups in total. The quantitative estimate of drug-likeness (QED) is 0.776. The predicted molar refractivity (Wildman–Crippen MR) is 51.0 cm³/mol. The van der Waals surface area contributed by atoms with Crippen molar-refractivity contribution in [2.75, 3.05) is 33.1 Å². The molecule has 1 aromatic heterocycles. The van der Waals surface area contributed by atoms with Gasteiger partial charge in [0.25, 0.3) is 11.8 Å². The smallest absolute Gasteiger partial charge is 0.265 e. The standard InChI is InChI=1S/C8H12FN3O3/c1-13-6-5(15-4-3-9)7(14-2)12-8(10)11-6/h3-4H2,1-2H3,(H2,10,11,12)/i3D2,4D2. The lowest BCUT2D eigenvalue weighted by Crippen LogP contribution is -2.07. The Kier molecular flexibility index (Phi) is 2.30. The van der Waals surface area contributed by atoms with Gasteiger partial charge in [-0.25, -0.2) is 4.39 Å². The predicted octanol–water partition coefficient (Wildman–Crippen LogP) is 0.424. The van der Waals surface area contributed by atoms with E-state index >= 15 is 0 Å². The molecule has 0 radical (unpaired) electrons. The van der Waals surface area contributed by atoms with Crippen molar-refractivity contribution in [3.8, 4) is 17.5 Å². The van der Waals surface area contributed by atoms with E-state index in [0.29, 0.717) is 0 Å². The zero-order valence-corrected chi connectivity index (χ0v) is 8.07. The molecule has 6 nitrogen and oxygen atoms in total. The van der Waals surface area contributed by atoms with E-state index in [9.17, 15) is 4.39 Å². The lowest BCUT2D eigenvalue weighted by Gasteiger charge is -2.11. The first kappa shape index (κ1) is 6.65. The summed E-state index contributed by atoms with van der Waals surface area (Å²) in [6.45, 7) is -7.06. The van der Waals surface area contributed by atoms with Gasteiger partial charge in [0.05, 0.1) is 19.7 Å². The van der Waals surface area contributed by atoms with Gasteiger partial charge >= 0.3 is 0 Å². The molecule has 7 heteroatoms. The summed E-state index contributed by atoms with van der Waals surface area (Å²) in [5.74, 6) is -1.34. The van der Waals surface area contributed by atoms with E-state index in [1.54, 1.807) is 0 Å². The number of hydrogen-bond donors (Lipinski definition) is 1. The normalized spacial score (nSPS) is 15.7. The maximum Gasteiger partial charge on any atom is 0.265 e. The average molecular weight is 221 g/mol. The van der Waals surface area contributed by atoms with E-state index in [4.69, 9.17) is 20.7 Å². The van der Waals surface area contributed by atoms with Crippen molar-refractivity contribution in [3.05, 3.63) is 0 Å². The van der Waals surface area contributed by atoms with Crippen LogP contribution in [0.4, 0.5) is 10.3 Å². The zero-order valence-electron chi connectivity index (χ0n) is 12.1. The molecule has 0 aromatic carbocycles. The summed E-state index contributed by atoms with van der Waals surface area (Å²) >= 11 is 0. The Balaban J connectivity index is 3.27. The molecule has 0 fully saturated rings. The van der Waals surface area contributed by atoms with Gasteiger partial charge in [-0.3, -0.25) is 0 Å². The van der Waals surface area contributed by atoms with Crippen molar-refractivity contribution in [1.82, 2.24) is 9.97 Å². The lowest BCUT2D eigenvalue weighted by atomic mass is 10.5. The average Bonchev–Trinajstić information content (AvgIpc) is 2.28. The van der Waals surface area contributed by atoms with Crippen LogP contribution >= 0.6 is 0 Å². The number of methoxy groups -OCH3 is 2. The highest BCUT2D eigenvalue weighted by atomic mass is 19.1. The van der Waals surface area contributed by atoms with Crippen LogP contribution in [0.1, 0.15) is 5.48 Å². The highest BCUT2D eigenvalue weighted by molar-refractivity contribution is 5.46.